The maximum atomic E-state index is 12.7. The summed E-state index contributed by atoms with van der Waals surface area (Å²) in [4.78, 5) is 12.7. The predicted octanol–water partition coefficient (Wildman–Crippen LogP) is 4.04. The van der Waals surface area contributed by atoms with Gasteiger partial charge in [-0.15, -0.1) is 0 Å². The van der Waals surface area contributed by atoms with Crippen LogP contribution in [0.4, 0.5) is 5.69 Å². The van der Waals surface area contributed by atoms with Crippen LogP contribution in [0.15, 0.2) is 18.2 Å². The predicted molar refractivity (Wildman–Crippen MR) is 94.9 cm³/mol. The fourth-order valence-corrected chi connectivity index (χ4v) is 3.09. The van der Waals surface area contributed by atoms with Crippen LogP contribution in [0, 0.1) is 0 Å². The highest BCUT2D eigenvalue weighted by Gasteiger charge is 2.42. The summed E-state index contributed by atoms with van der Waals surface area (Å²) in [6.07, 6.45) is 4.47. The molecule has 6 heteroatoms. The maximum Gasteiger partial charge on any atom is 0.256 e. The van der Waals surface area contributed by atoms with Gasteiger partial charge in [-0.1, -0.05) is 18.5 Å². The van der Waals surface area contributed by atoms with Gasteiger partial charge in [-0.25, -0.2) is 0 Å². The molecule has 1 fully saturated rings. The number of carbonyl (C=O) groups excluding carboxylic acids is 1. The summed E-state index contributed by atoms with van der Waals surface area (Å²) >= 11 is 6.22. The normalized spacial score (nSPS) is 16.1. The Hall–Kier alpha value is -1.30. The van der Waals surface area contributed by atoms with E-state index >= 15 is 0 Å². The van der Waals surface area contributed by atoms with Gasteiger partial charge in [0.1, 0.15) is 18.0 Å². The number of hydrogen-bond acceptors (Lipinski definition) is 4. The van der Waals surface area contributed by atoms with Crippen molar-refractivity contribution >= 4 is 23.2 Å². The van der Waals surface area contributed by atoms with Crippen LogP contribution in [-0.4, -0.2) is 38.4 Å². The molecular formula is C18H26ClNO4. The molecule has 0 unspecified atom stereocenters. The lowest BCUT2D eigenvalue weighted by atomic mass is 10.0. The van der Waals surface area contributed by atoms with Crippen molar-refractivity contribution in [2.75, 3.05) is 32.2 Å². The first-order chi connectivity index (χ1) is 11.6. The number of methoxy groups -OCH3 is 1. The number of carbonyl (C=O) groups is 1. The molecule has 1 aromatic carbocycles. The van der Waals surface area contributed by atoms with E-state index in [1.54, 1.807) is 25.3 Å². The second-order valence-electron chi connectivity index (χ2n) is 5.99. The van der Waals surface area contributed by atoms with Crippen molar-refractivity contribution in [1.29, 1.82) is 0 Å². The van der Waals surface area contributed by atoms with Gasteiger partial charge < -0.3 is 19.5 Å². The molecule has 0 radical (unpaired) electrons. The summed E-state index contributed by atoms with van der Waals surface area (Å²) in [5.74, 6) is 0.488. The van der Waals surface area contributed by atoms with E-state index in [1.807, 2.05) is 6.92 Å². The fourth-order valence-electron chi connectivity index (χ4n) is 2.86. The number of hydrogen-bond donors (Lipinski definition) is 1. The molecule has 1 aliphatic carbocycles. The summed E-state index contributed by atoms with van der Waals surface area (Å²) in [6.45, 7) is 3.56. The summed E-state index contributed by atoms with van der Waals surface area (Å²) in [6, 6.07) is 5.24. The third kappa shape index (κ3) is 4.85. The lowest BCUT2D eigenvalue weighted by Crippen LogP contribution is -2.43. The van der Waals surface area contributed by atoms with E-state index in [-0.39, 0.29) is 5.91 Å². The lowest BCUT2D eigenvalue weighted by molar-refractivity contribution is -0.140. The molecule has 0 heterocycles. The summed E-state index contributed by atoms with van der Waals surface area (Å²) in [5, 5.41) is 3.40. The van der Waals surface area contributed by atoms with Crippen molar-refractivity contribution in [2.45, 2.75) is 44.6 Å². The van der Waals surface area contributed by atoms with Crippen LogP contribution in [0.5, 0.6) is 5.75 Å². The quantitative estimate of drug-likeness (QED) is 0.679. The Kier molecular flexibility index (Phi) is 7.34. The maximum absolute atomic E-state index is 12.7. The average molecular weight is 356 g/mol. The van der Waals surface area contributed by atoms with Crippen molar-refractivity contribution in [2.24, 2.45) is 0 Å². The zero-order valence-electron chi connectivity index (χ0n) is 14.4. The first kappa shape index (κ1) is 19.0. The van der Waals surface area contributed by atoms with Crippen molar-refractivity contribution in [3.63, 3.8) is 0 Å². The molecule has 0 atom stereocenters. The molecule has 0 spiro atoms. The number of anilines is 1. The van der Waals surface area contributed by atoms with E-state index in [0.717, 1.165) is 32.1 Å². The SMILES string of the molecule is CCCOC1(C(=O)Nc2ccc(OCCOC)c(Cl)c2)CCCC1. The first-order valence-corrected chi connectivity index (χ1v) is 8.86. The molecule has 0 aromatic heterocycles. The molecule has 1 aromatic rings. The van der Waals surface area contributed by atoms with Crippen LogP contribution in [0.25, 0.3) is 0 Å². The van der Waals surface area contributed by atoms with Gasteiger partial charge in [-0.2, -0.15) is 0 Å². The second-order valence-corrected chi connectivity index (χ2v) is 6.40. The summed E-state index contributed by atoms with van der Waals surface area (Å²) < 4.78 is 16.4. The number of amides is 1. The molecule has 2 rings (SSSR count). The molecular weight excluding hydrogens is 330 g/mol. The number of rotatable bonds is 9. The Morgan fingerprint density at radius 1 is 1.25 bits per heavy atom. The van der Waals surface area contributed by atoms with E-state index in [9.17, 15) is 4.79 Å². The Bertz CT molecular complexity index is 544. The fraction of sp³-hybridized carbons (Fsp3) is 0.611. The molecule has 0 bridgehead atoms. The number of ether oxygens (including phenoxy) is 3. The third-order valence-electron chi connectivity index (χ3n) is 4.14. The topological polar surface area (TPSA) is 56.8 Å². The molecule has 0 saturated heterocycles. The largest absolute Gasteiger partial charge is 0.490 e. The highest BCUT2D eigenvalue weighted by Crippen LogP contribution is 2.35. The molecule has 1 N–H and O–H groups in total. The van der Waals surface area contributed by atoms with Gasteiger partial charge in [0.2, 0.25) is 0 Å². The molecule has 1 aliphatic rings. The van der Waals surface area contributed by atoms with Gasteiger partial charge >= 0.3 is 0 Å². The van der Waals surface area contributed by atoms with Crippen molar-refractivity contribution in [3.8, 4) is 5.75 Å². The second kappa shape index (κ2) is 9.25. The number of nitrogens with one attached hydrogen (secondary N) is 1. The van der Waals surface area contributed by atoms with Crippen molar-refractivity contribution in [1.82, 2.24) is 0 Å². The Morgan fingerprint density at radius 3 is 2.62 bits per heavy atom. The zero-order valence-corrected chi connectivity index (χ0v) is 15.2. The lowest BCUT2D eigenvalue weighted by Gasteiger charge is -2.28. The van der Waals surface area contributed by atoms with Gasteiger partial charge in [0.25, 0.3) is 5.91 Å². The standard InChI is InChI=1S/C18H26ClNO4/c1-3-10-24-18(8-4-5-9-18)17(21)20-14-6-7-16(15(19)13-14)23-12-11-22-2/h6-7,13H,3-5,8-12H2,1-2H3,(H,20,21). The van der Waals surface area contributed by atoms with E-state index in [4.69, 9.17) is 25.8 Å². The summed E-state index contributed by atoms with van der Waals surface area (Å²) in [7, 11) is 1.61. The van der Waals surface area contributed by atoms with Crippen LogP contribution in [0.3, 0.4) is 0 Å². The minimum atomic E-state index is -0.698. The Balaban J connectivity index is 2.01. The van der Waals surface area contributed by atoms with Crippen LogP contribution in [0.2, 0.25) is 5.02 Å². The van der Waals surface area contributed by atoms with Crippen LogP contribution in [0.1, 0.15) is 39.0 Å². The van der Waals surface area contributed by atoms with Gasteiger partial charge in [-0.05, 0) is 50.3 Å². The van der Waals surface area contributed by atoms with Crippen LogP contribution < -0.4 is 10.1 Å². The molecule has 134 valence electrons. The third-order valence-corrected chi connectivity index (χ3v) is 4.44. The van der Waals surface area contributed by atoms with Crippen LogP contribution >= 0.6 is 11.6 Å². The smallest absolute Gasteiger partial charge is 0.256 e. The van der Waals surface area contributed by atoms with Gasteiger partial charge in [-0.3, -0.25) is 4.79 Å². The van der Waals surface area contributed by atoms with E-state index < -0.39 is 5.60 Å². The highest BCUT2D eigenvalue weighted by molar-refractivity contribution is 6.32. The van der Waals surface area contributed by atoms with Crippen LogP contribution in [-0.2, 0) is 14.3 Å². The molecule has 1 amide bonds. The Labute approximate surface area is 148 Å². The Morgan fingerprint density at radius 2 is 2.00 bits per heavy atom. The average Bonchev–Trinajstić information content (AvgIpc) is 3.05. The number of benzene rings is 1. The molecule has 5 nitrogen and oxygen atoms in total. The zero-order chi connectivity index (χ0) is 17.4. The van der Waals surface area contributed by atoms with Gasteiger partial charge in [0.05, 0.1) is 11.6 Å². The number of halogens is 1. The van der Waals surface area contributed by atoms with E-state index in [2.05, 4.69) is 5.32 Å². The van der Waals surface area contributed by atoms with Crippen molar-refractivity contribution in [3.05, 3.63) is 23.2 Å². The van der Waals surface area contributed by atoms with Gasteiger partial charge in [0, 0.05) is 19.4 Å². The first-order valence-electron chi connectivity index (χ1n) is 8.48. The minimum Gasteiger partial charge on any atom is -0.490 e. The van der Waals surface area contributed by atoms with E-state index in [0.29, 0.717) is 36.3 Å². The highest BCUT2D eigenvalue weighted by atomic mass is 35.5. The minimum absolute atomic E-state index is 0.0856. The monoisotopic (exact) mass is 355 g/mol. The van der Waals surface area contributed by atoms with E-state index in [1.165, 1.54) is 0 Å². The molecule has 1 saturated carbocycles. The van der Waals surface area contributed by atoms with Gasteiger partial charge in [0.15, 0.2) is 0 Å². The summed E-state index contributed by atoms with van der Waals surface area (Å²) in [5.41, 5.74) is -0.0497. The molecule has 24 heavy (non-hydrogen) atoms. The molecule has 0 aliphatic heterocycles. The van der Waals surface area contributed by atoms with Crippen molar-refractivity contribution < 1.29 is 19.0 Å².